The van der Waals surface area contributed by atoms with Gasteiger partial charge in [-0.1, -0.05) is 12.1 Å². The maximum atomic E-state index is 8.78. The van der Waals surface area contributed by atoms with Crippen LogP contribution in [0.3, 0.4) is 0 Å². The molecule has 0 aliphatic rings. The summed E-state index contributed by atoms with van der Waals surface area (Å²) in [6.45, 7) is 0. The second-order valence-electron chi connectivity index (χ2n) is 3.44. The quantitative estimate of drug-likeness (QED) is 0.515. The molecule has 0 atom stereocenters. The summed E-state index contributed by atoms with van der Waals surface area (Å²) in [5.41, 5.74) is 0.620. The zero-order chi connectivity index (χ0) is 13.5. The number of nitriles is 1. The first-order valence-electron chi connectivity index (χ1n) is 5.37. The van der Waals surface area contributed by atoms with Gasteiger partial charge in [0.1, 0.15) is 6.34 Å². The molecule has 1 aromatic heterocycles. The molecular weight excluding hydrogens is 276 g/mol. The molecule has 6 heteroatoms. The number of nitrogens with one attached hydrogen (secondary N) is 2. The van der Waals surface area contributed by atoms with Crippen LogP contribution >= 0.6 is 23.3 Å². The smallest absolute Gasteiger partial charge is 0.163 e. The van der Waals surface area contributed by atoms with Crippen molar-refractivity contribution in [1.82, 2.24) is 4.72 Å². The van der Waals surface area contributed by atoms with Crippen LogP contribution in [0, 0.1) is 16.7 Å². The molecule has 0 aliphatic heterocycles. The highest BCUT2D eigenvalue weighted by Gasteiger charge is 1.98. The van der Waals surface area contributed by atoms with Gasteiger partial charge in [-0.15, -0.1) is 11.3 Å². The van der Waals surface area contributed by atoms with Crippen LogP contribution in [0.5, 0.6) is 0 Å². The van der Waals surface area contributed by atoms with Gasteiger partial charge in [-0.25, -0.2) is 4.99 Å². The molecule has 4 nitrogen and oxygen atoms in total. The van der Waals surface area contributed by atoms with E-state index in [1.807, 2.05) is 29.6 Å². The largest absolute Gasteiger partial charge is 0.316 e. The molecule has 0 amide bonds. The maximum Gasteiger partial charge on any atom is 0.163 e. The summed E-state index contributed by atoms with van der Waals surface area (Å²) in [7, 11) is 0. The molecule has 0 bridgehead atoms. The van der Waals surface area contributed by atoms with Crippen LogP contribution in [0.2, 0.25) is 0 Å². The second-order valence-corrected chi connectivity index (χ2v) is 5.30. The van der Waals surface area contributed by atoms with Crippen molar-refractivity contribution >= 4 is 35.5 Å². The molecule has 0 saturated heterocycles. The minimum absolute atomic E-state index is 0.230. The predicted molar refractivity (Wildman–Crippen MR) is 79.8 cm³/mol. The van der Waals surface area contributed by atoms with Crippen LogP contribution in [0.1, 0.15) is 10.4 Å². The molecule has 0 fully saturated rings. The lowest BCUT2D eigenvalue weighted by Crippen LogP contribution is -2.02. The van der Waals surface area contributed by atoms with Gasteiger partial charge in [-0.3, -0.25) is 5.41 Å². The number of hydrogen-bond donors (Lipinski definition) is 2. The van der Waals surface area contributed by atoms with Gasteiger partial charge in [-0.2, -0.15) is 5.26 Å². The second kappa shape index (κ2) is 6.73. The summed E-state index contributed by atoms with van der Waals surface area (Å²) < 4.78 is 2.93. The topological polar surface area (TPSA) is 72.0 Å². The van der Waals surface area contributed by atoms with Crippen LogP contribution in [0.25, 0.3) is 0 Å². The lowest BCUT2D eigenvalue weighted by atomic mass is 10.2. The van der Waals surface area contributed by atoms with Crippen molar-refractivity contribution in [1.29, 1.82) is 10.7 Å². The van der Waals surface area contributed by atoms with Crippen LogP contribution < -0.4 is 4.72 Å². The molecule has 94 valence electrons. The van der Waals surface area contributed by atoms with Gasteiger partial charge in [0.05, 0.1) is 16.5 Å². The molecule has 1 heterocycles. The Morgan fingerprint density at radius 1 is 1.42 bits per heavy atom. The van der Waals surface area contributed by atoms with Crippen LogP contribution in [-0.4, -0.2) is 12.2 Å². The molecule has 0 aliphatic carbocycles. The minimum atomic E-state index is 0.230. The minimum Gasteiger partial charge on any atom is -0.316 e. The van der Waals surface area contributed by atoms with Crippen molar-refractivity contribution in [3.8, 4) is 6.07 Å². The number of thiophene rings is 1. The molecule has 1 aromatic carbocycles. The Morgan fingerprint density at radius 3 is 3.05 bits per heavy atom. The van der Waals surface area contributed by atoms with Crippen molar-refractivity contribution in [2.24, 2.45) is 4.99 Å². The predicted octanol–water partition coefficient (Wildman–Crippen LogP) is 3.27. The summed E-state index contributed by atoms with van der Waals surface area (Å²) in [4.78, 5) is 5.75. The van der Waals surface area contributed by atoms with E-state index in [0.717, 1.165) is 9.77 Å². The Balaban J connectivity index is 1.86. The Labute approximate surface area is 119 Å². The lowest BCUT2D eigenvalue weighted by molar-refractivity contribution is 1.38. The standard InChI is InChI=1S/C13H10N4S2/c14-8-10-3-1-4-11(7-10)19-17-9-16-13(15)12-5-2-6-18-12/h1-7,9H,(H2,15,16,17). The Hall–Kier alpha value is -2.10. The maximum absolute atomic E-state index is 8.78. The van der Waals surface area contributed by atoms with E-state index < -0.39 is 0 Å². The summed E-state index contributed by atoms with van der Waals surface area (Å²) in [6.07, 6.45) is 1.48. The van der Waals surface area contributed by atoms with Crippen LogP contribution in [0.4, 0.5) is 0 Å². The third kappa shape index (κ3) is 3.95. The number of aliphatic imine (C=N–C) groups is 1. The molecule has 0 saturated carbocycles. The van der Waals surface area contributed by atoms with E-state index in [9.17, 15) is 0 Å². The van der Waals surface area contributed by atoms with Gasteiger partial charge >= 0.3 is 0 Å². The average molecular weight is 286 g/mol. The van der Waals surface area contributed by atoms with Crippen molar-refractivity contribution in [2.75, 3.05) is 0 Å². The number of amidine groups is 1. The fraction of sp³-hybridized carbons (Fsp3) is 0. The third-order valence-corrected chi connectivity index (χ3v) is 3.73. The van der Waals surface area contributed by atoms with Crippen LogP contribution in [-0.2, 0) is 0 Å². The summed E-state index contributed by atoms with van der Waals surface area (Å²) in [5.74, 6) is 0.230. The Kier molecular flexibility index (Phi) is 4.72. The first kappa shape index (κ1) is 13.3. The van der Waals surface area contributed by atoms with Crippen molar-refractivity contribution in [3.05, 3.63) is 52.2 Å². The Bertz CT molecular complexity index is 626. The van der Waals surface area contributed by atoms with Crippen molar-refractivity contribution < 1.29 is 0 Å². The van der Waals surface area contributed by atoms with E-state index in [0.29, 0.717) is 5.56 Å². The normalized spacial score (nSPS) is 10.3. The van der Waals surface area contributed by atoms with Crippen LogP contribution in [0.15, 0.2) is 51.7 Å². The molecule has 0 spiro atoms. The van der Waals surface area contributed by atoms with E-state index in [-0.39, 0.29) is 5.84 Å². The van der Waals surface area contributed by atoms with Gasteiger partial charge in [0.2, 0.25) is 0 Å². The summed E-state index contributed by atoms with van der Waals surface area (Å²) in [5, 5.41) is 18.4. The molecule has 19 heavy (non-hydrogen) atoms. The number of hydrogen-bond acceptors (Lipinski definition) is 4. The third-order valence-electron chi connectivity index (χ3n) is 2.14. The van der Waals surface area contributed by atoms with Gasteiger partial charge in [0, 0.05) is 4.90 Å². The van der Waals surface area contributed by atoms with Gasteiger partial charge < -0.3 is 4.72 Å². The van der Waals surface area contributed by atoms with E-state index in [4.69, 9.17) is 10.7 Å². The first-order valence-corrected chi connectivity index (χ1v) is 7.07. The Morgan fingerprint density at radius 2 is 2.32 bits per heavy atom. The van der Waals surface area contributed by atoms with E-state index in [1.165, 1.54) is 29.6 Å². The average Bonchev–Trinajstić information content (AvgIpc) is 2.98. The highest BCUT2D eigenvalue weighted by Crippen LogP contribution is 2.15. The fourth-order valence-electron chi connectivity index (χ4n) is 1.29. The molecule has 2 N–H and O–H groups in total. The summed E-state index contributed by atoms with van der Waals surface area (Å²) in [6, 6.07) is 13.1. The highest BCUT2D eigenvalue weighted by atomic mass is 32.2. The van der Waals surface area contributed by atoms with Gasteiger partial charge in [0.15, 0.2) is 5.84 Å². The monoisotopic (exact) mass is 286 g/mol. The fourth-order valence-corrected chi connectivity index (χ4v) is 2.49. The molecular formula is C13H10N4S2. The molecule has 2 aromatic rings. The summed E-state index contributed by atoms with van der Waals surface area (Å²) >= 11 is 2.83. The van der Waals surface area contributed by atoms with E-state index >= 15 is 0 Å². The number of rotatable bonds is 4. The number of nitrogens with zero attached hydrogens (tertiary/aromatic N) is 2. The van der Waals surface area contributed by atoms with E-state index in [1.54, 1.807) is 12.1 Å². The molecule has 0 radical (unpaired) electrons. The highest BCUT2D eigenvalue weighted by molar-refractivity contribution is 7.97. The zero-order valence-corrected chi connectivity index (χ0v) is 11.5. The lowest BCUT2D eigenvalue weighted by Gasteiger charge is -1.99. The number of benzene rings is 1. The SMILES string of the molecule is N#Cc1cccc(SN/C=N\C(=N)c2cccs2)c1. The van der Waals surface area contributed by atoms with Crippen molar-refractivity contribution in [3.63, 3.8) is 0 Å². The van der Waals surface area contributed by atoms with Gasteiger partial charge in [-0.05, 0) is 41.6 Å². The van der Waals surface area contributed by atoms with Crippen molar-refractivity contribution in [2.45, 2.75) is 4.90 Å². The van der Waals surface area contributed by atoms with Gasteiger partial charge in [0.25, 0.3) is 0 Å². The first-order chi connectivity index (χ1) is 9.29. The van der Waals surface area contributed by atoms with E-state index in [2.05, 4.69) is 15.8 Å². The zero-order valence-electron chi connectivity index (χ0n) is 9.83. The molecule has 2 rings (SSSR count). The molecule has 0 unspecified atom stereocenters.